The van der Waals surface area contributed by atoms with E-state index in [1.54, 1.807) is 7.11 Å². The summed E-state index contributed by atoms with van der Waals surface area (Å²) in [7, 11) is 1.64. The van der Waals surface area contributed by atoms with Crippen molar-refractivity contribution in [1.82, 2.24) is 15.0 Å². The number of hydrogen-bond donors (Lipinski definition) is 1. The summed E-state index contributed by atoms with van der Waals surface area (Å²) in [6, 6.07) is 7.97. The second kappa shape index (κ2) is 6.24. The van der Waals surface area contributed by atoms with Gasteiger partial charge in [-0.15, -0.1) is 0 Å². The van der Waals surface area contributed by atoms with E-state index in [0.29, 0.717) is 24.3 Å². The van der Waals surface area contributed by atoms with Crippen molar-refractivity contribution in [1.29, 1.82) is 0 Å². The molecule has 0 radical (unpaired) electrons. The molecule has 2 heterocycles. The lowest BCUT2D eigenvalue weighted by molar-refractivity contribution is 0.182. The van der Waals surface area contributed by atoms with Crippen LogP contribution in [0, 0.1) is 0 Å². The third-order valence-corrected chi connectivity index (χ3v) is 3.79. The molecule has 6 heteroatoms. The first kappa shape index (κ1) is 14.0. The van der Waals surface area contributed by atoms with Gasteiger partial charge in [0.05, 0.1) is 13.7 Å². The summed E-state index contributed by atoms with van der Waals surface area (Å²) in [5, 5.41) is 4.05. The number of methoxy groups -OCH3 is 1. The molecule has 0 unspecified atom stereocenters. The Balaban J connectivity index is 1.68. The first-order valence-electron chi connectivity index (χ1n) is 7.19. The van der Waals surface area contributed by atoms with Crippen LogP contribution in [0.2, 0.25) is 0 Å². The van der Waals surface area contributed by atoms with Crippen LogP contribution in [0.25, 0.3) is 11.4 Å². The summed E-state index contributed by atoms with van der Waals surface area (Å²) < 4.78 is 10.6. The van der Waals surface area contributed by atoms with E-state index in [1.807, 2.05) is 24.3 Å². The molecule has 1 aromatic carbocycles. The fraction of sp³-hybridized carbons (Fsp3) is 0.467. The highest BCUT2D eigenvalue weighted by atomic mass is 16.5. The zero-order valence-electron chi connectivity index (χ0n) is 12.2. The molecule has 0 amide bonds. The van der Waals surface area contributed by atoms with Crippen LogP contribution in [0.4, 0.5) is 0 Å². The van der Waals surface area contributed by atoms with E-state index < -0.39 is 0 Å². The van der Waals surface area contributed by atoms with Gasteiger partial charge in [0, 0.05) is 24.7 Å². The minimum absolute atomic E-state index is 0.330. The molecule has 2 N–H and O–H groups in total. The van der Waals surface area contributed by atoms with E-state index in [2.05, 4.69) is 15.0 Å². The fourth-order valence-corrected chi connectivity index (χ4v) is 2.50. The van der Waals surface area contributed by atoms with Gasteiger partial charge in [-0.3, -0.25) is 4.90 Å². The molecule has 1 saturated heterocycles. The number of nitrogens with two attached hydrogens (primary N) is 1. The van der Waals surface area contributed by atoms with Crippen LogP contribution < -0.4 is 10.5 Å². The third kappa shape index (κ3) is 3.40. The normalized spacial score (nSPS) is 17.0. The number of ether oxygens (including phenoxy) is 1. The van der Waals surface area contributed by atoms with Crippen LogP contribution in [0.3, 0.4) is 0 Å². The summed E-state index contributed by atoms with van der Waals surface area (Å²) in [5.41, 5.74) is 6.80. The predicted octanol–water partition coefficient (Wildman–Crippen LogP) is 1.67. The molecule has 21 heavy (non-hydrogen) atoms. The minimum atomic E-state index is 0.330. The van der Waals surface area contributed by atoms with Crippen molar-refractivity contribution in [2.75, 3.05) is 20.2 Å². The maximum atomic E-state index is 5.91. The van der Waals surface area contributed by atoms with Gasteiger partial charge in [0.1, 0.15) is 5.75 Å². The van der Waals surface area contributed by atoms with E-state index in [-0.39, 0.29) is 0 Å². The Bertz CT molecular complexity index is 591. The summed E-state index contributed by atoms with van der Waals surface area (Å²) in [6.07, 6.45) is 2.05. The first-order chi connectivity index (χ1) is 10.2. The molecule has 0 saturated carbocycles. The lowest BCUT2D eigenvalue weighted by atomic mass is 10.1. The van der Waals surface area contributed by atoms with Crippen LogP contribution in [-0.4, -0.2) is 41.3 Å². The van der Waals surface area contributed by atoms with Gasteiger partial charge in [-0.05, 0) is 25.0 Å². The zero-order valence-corrected chi connectivity index (χ0v) is 12.2. The molecule has 1 fully saturated rings. The number of likely N-dealkylation sites (tertiary alicyclic amines) is 1. The molecular weight excluding hydrogens is 268 g/mol. The highest BCUT2D eigenvalue weighted by Crippen LogP contribution is 2.21. The molecule has 2 aromatic rings. The molecule has 1 aliphatic heterocycles. The summed E-state index contributed by atoms with van der Waals surface area (Å²) in [6.45, 7) is 2.65. The van der Waals surface area contributed by atoms with Crippen molar-refractivity contribution in [3.8, 4) is 17.1 Å². The minimum Gasteiger partial charge on any atom is -0.497 e. The van der Waals surface area contributed by atoms with E-state index in [0.717, 1.165) is 37.2 Å². The van der Waals surface area contributed by atoms with Crippen molar-refractivity contribution in [3.05, 3.63) is 30.2 Å². The van der Waals surface area contributed by atoms with Gasteiger partial charge < -0.3 is 15.0 Å². The van der Waals surface area contributed by atoms with Crippen LogP contribution >= 0.6 is 0 Å². The topological polar surface area (TPSA) is 77.4 Å². The first-order valence-corrected chi connectivity index (χ1v) is 7.19. The SMILES string of the molecule is COc1cccc(-c2noc(CN3CCC(N)CC3)n2)c1. The Hall–Kier alpha value is -1.92. The van der Waals surface area contributed by atoms with Crippen molar-refractivity contribution >= 4 is 0 Å². The monoisotopic (exact) mass is 288 g/mol. The lowest BCUT2D eigenvalue weighted by Crippen LogP contribution is -2.39. The standard InChI is InChI=1S/C15H20N4O2/c1-20-13-4-2-3-11(9-13)15-17-14(21-18-15)10-19-7-5-12(16)6-8-19/h2-4,9,12H,5-8,10,16H2,1H3. The van der Waals surface area contributed by atoms with Crippen molar-refractivity contribution in [2.45, 2.75) is 25.4 Å². The Morgan fingerprint density at radius 2 is 2.19 bits per heavy atom. The second-order valence-electron chi connectivity index (χ2n) is 5.36. The molecular formula is C15H20N4O2. The van der Waals surface area contributed by atoms with E-state index >= 15 is 0 Å². The smallest absolute Gasteiger partial charge is 0.241 e. The number of rotatable bonds is 4. The van der Waals surface area contributed by atoms with Crippen LogP contribution in [0.1, 0.15) is 18.7 Å². The largest absolute Gasteiger partial charge is 0.497 e. The summed E-state index contributed by atoms with van der Waals surface area (Å²) >= 11 is 0. The Labute approximate surface area is 123 Å². The second-order valence-corrected chi connectivity index (χ2v) is 5.36. The van der Waals surface area contributed by atoms with Gasteiger partial charge in [0.15, 0.2) is 0 Å². The Morgan fingerprint density at radius 3 is 2.95 bits per heavy atom. The van der Waals surface area contributed by atoms with Crippen LogP contribution in [-0.2, 0) is 6.54 Å². The van der Waals surface area contributed by atoms with Crippen molar-refractivity contribution < 1.29 is 9.26 Å². The average molecular weight is 288 g/mol. The molecule has 0 bridgehead atoms. The van der Waals surface area contributed by atoms with E-state index in [1.165, 1.54) is 0 Å². The Kier molecular flexibility index (Phi) is 4.17. The molecule has 112 valence electrons. The number of benzene rings is 1. The van der Waals surface area contributed by atoms with E-state index in [4.69, 9.17) is 15.0 Å². The molecule has 0 spiro atoms. The van der Waals surface area contributed by atoms with Gasteiger partial charge >= 0.3 is 0 Å². The molecule has 1 aromatic heterocycles. The van der Waals surface area contributed by atoms with Gasteiger partial charge in [-0.2, -0.15) is 4.98 Å². The third-order valence-electron chi connectivity index (χ3n) is 3.79. The number of aromatic nitrogens is 2. The lowest BCUT2D eigenvalue weighted by Gasteiger charge is -2.28. The fourth-order valence-electron chi connectivity index (χ4n) is 2.50. The van der Waals surface area contributed by atoms with Gasteiger partial charge in [0.2, 0.25) is 11.7 Å². The maximum absolute atomic E-state index is 5.91. The predicted molar refractivity (Wildman–Crippen MR) is 78.8 cm³/mol. The number of nitrogens with zero attached hydrogens (tertiary/aromatic N) is 3. The molecule has 3 rings (SSSR count). The molecule has 0 aliphatic carbocycles. The summed E-state index contributed by atoms with van der Waals surface area (Å²) in [5.74, 6) is 2.02. The average Bonchev–Trinajstić information content (AvgIpc) is 2.98. The van der Waals surface area contributed by atoms with Crippen molar-refractivity contribution in [3.63, 3.8) is 0 Å². The van der Waals surface area contributed by atoms with Gasteiger partial charge in [-0.1, -0.05) is 17.3 Å². The molecule has 1 aliphatic rings. The number of hydrogen-bond acceptors (Lipinski definition) is 6. The van der Waals surface area contributed by atoms with Crippen LogP contribution in [0.15, 0.2) is 28.8 Å². The van der Waals surface area contributed by atoms with Gasteiger partial charge in [-0.25, -0.2) is 0 Å². The molecule has 0 atom stereocenters. The number of piperidine rings is 1. The van der Waals surface area contributed by atoms with Crippen LogP contribution in [0.5, 0.6) is 5.75 Å². The van der Waals surface area contributed by atoms with E-state index in [9.17, 15) is 0 Å². The zero-order chi connectivity index (χ0) is 14.7. The Morgan fingerprint density at radius 1 is 1.38 bits per heavy atom. The highest BCUT2D eigenvalue weighted by Gasteiger charge is 2.18. The quantitative estimate of drug-likeness (QED) is 0.922. The maximum Gasteiger partial charge on any atom is 0.241 e. The van der Waals surface area contributed by atoms with Crippen molar-refractivity contribution in [2.24, 2.45) is 5.73 Å². The molecule has 6 nitrogen and oxygen atoms in total. The summed E-state index contributed by atoms with van der Waals surface area (Å²) in [4.78, 5) is 6.76. The highest BCUT2D eigenvalue weighted by molar-refractivity contribution is 5.56. The van der Waals surface area contributed by atoms with Gasteiger partial charge in [0.25, 0.3) is 0 Å².